The molecule has 6 rings (SSSR count). The molecule has 12 heteroatoms. The average molecular weight is 761 g/mol. The minimum atomic E-state index is -1.67. The third-order valence-electron chi connectivity index (χ3n) is 11.3. The number of carbonyl (C=O) groups excluding carboxylic acids is 2. The third-order valence-corrected chi connectivity index (χ3v) is 13.4. The lowest BCUT2D eigenvalue weighted by molar-refractivity contribution is 0.0770. The fourth-order valence-electron chi connectivity index (χ4n) is 7.59. The molecular formula is C42H57N4O7P. The quantitative estimate of drug-likeness (QED) is 0.151. The summed E-state index contributed by atoms with van der Waals surface area (Å²) in [4.78, 5) is 47.2. The van der Waals surface area contributed by atoms with Crippen LogP contribution < -0.4 is 23.6 Å². The van der Waals surface area contributed by atoms with Gasteiger partial charge in [-0.25, -0.2) is 0 Å². The lowest BCUT2D eigenvalue weighted by atomic mass is 9.78. The Bertz CT molecular complexity index is 1840. The Morgan fingerprint density at radius 1 is 0.852 bits per heavy atom. The number of amides is 2. The highest BCUT2D eigenvalue weighted by Gasteiger charge is 2.45. The van der Waals surface area contributed by atoms with E-state index in [1.54, 1.807) is 31.3 Å². The summed E-state index contributed by atoms with van der Waals surface area (Å²) in [6.45, 7) is 23.1. The van der Waals surface area contributed by atoms with Crippen molar-refractivity contribution in [1.29, 1.82) is 0 Å². The molecule has 4 unspecified atom stereocenters. The van der Waals surface area contributed by atoms with Crippen molar-refractivity contribution in [3.8, 4) is 23.0 Å². The smallest absolute Gasteiger partial charge is 0.257 e. The second kappa shape index (κ2) is 15.6. The van der Waals surface area contributed by atoms with Gasteiger partial charge in [-0.3, -0.25) is 14.6 Å². The van der Waals surface area contributed by atoms with Gasteiger partial charge in [0, 0.05) is 37.5 Å². The van der Waals surface area contributed by atoms with Crippen molar-refractivity contribution in [2.45, 2.75) is 97.9 Å². The third kappa shape index (κ3) is 7.99. The van der Waals surface area contributed by atoms with Crippen LogP contribution in [0.1, 0.15) is 101 Å². The molecule has 4 atom stereocenters. The first-order chi connectivity index (χ1) is 25.6. The summed E-state index contributed by atoms with van der Waals surface area (Å²) in [5.41, 5.74) is 4.08. The maximum Gasteiger partial charge on any atom is 0.257 e. The number of rotatable bonds is 14. The normalized spacial score (nSPS) is 21.6. The van der Waals surface area contributed by atoms with Crippen LogP contribution in [-0.2, 0) is 0 Å². The molecule has 2 aromatic rings. The molecule has 1 N–H and O–H groups in total. The van der Waals surface area contributed by atoms with Crippen LogP contribution >= 0.6 is 8.30 Å². The van der Waals surface area contributed by atoms with Crippen molar-refractivity contribution >= 4 is 37.7 Å². The first-order valence-electron chi connectivity index (χ1n) is 19.0. The molecule has 2 fully saturated rings. The van der Waals surface area contributed by atoms with Crippen LogP contribution in [0.15, 0.2) is 53.6 Å². The number of hydrogen-bond donors (Lipinski definition) is 1. The second-order valence-corrected chi connectivity index (χ2v) is 18.4. The highest BCUT2D eigenvalue weighted by Crippen LogP contribution is 2.56. The lowest BCUT2D eigenvalue weighted by Gasteiger charge is -2.37. The second-order valence-electron chi connectivity index (χ2n) is 16.8. The van der Waals surface area contributed by atoms with Gasteiger partial charge in [0.15, 0.2) is 31.3 Å². The SMILES string of the molecule is C=C1CC2C=Nc3cc(OCC(C)(C)CCC(C)(C)CCOc4cc5c(cc4OC)C(=O)N4CC(=C)CC4P(O)N5C(C)CC)c(OC)cc3C(=O)N2C1. The molecule has 2 saturated heterocycles. The van der Waals surface area contributed by atoms with Gasteiger partial charge in [-0.05, 0) is 68.4 Å². The molecule has 0 radical (unpaired) electrons. The van der Waals surface area contributed by atoms with Crippen LogP contribution in [0.25, 0.3) is 0 Å². The number of aliphatic imine (C=N–C) groups is 1. The zero-order valence-electron chi connectivity index (χ0n) is 33.2. The number of carbonyl (C=O) groups is 2. The van der Waals surface area contributed by atoms with Crippen molar-refractivity contribution in [2.75, 3.05) is 45.2 Å². The number of nitrogens with zero attached hydrogens (tertiary/aromatic N) is 4. The molecule has 11 nitrogen and oxygen atoms in total. The highest BCUT2D eigenvalue weighted by molar-refractivity contribution is 7.54. The molecule has 2 amide bonds. The van der Waals surface area contributed by atoms with E-state index in [4.69, 9.17) is 18.9 Å². The van der Waals surface area contributed by atoms with Crippen molar-refractivity contribution in [2.24, 2.45) is 15.8 Å². The van der Waals surface area contributed by atoms with E-state index in [1.807, 2.05) is 27.9 Å². The largest absolute Gasteiger partial charge is 0.493 e. The molecule has 0 bridgehead atoms. The van der Waals surface area contributed by atoms with Crippen LogP contribution in [0.2, 0.25) is 0 Å². The first-order valence-corrected chi connectivity index (χ1v) is 20.3. The molecule has 4 heterocycles. The van der Waals surface area contributed by atoms with Gasteiger partial charge in [0.2, 0.25) is 0 Å². The number of benzene rings is 2. The van der Waals surface area contributed by atoms with E-state index in [0.717, 1.165) is 43.3 Å². The zero-order valence-corrected chi connectivity index (χ0v) is 34.1. The molecule has 4 aliphatic rings. The van der Waals surface area contributed by atoms with Gasteiger partial charge in [0.05, 0.1) is 61.8 Å². The van der Waals surface area contributed by atoms with E-state index in [2.05, 4.69) is 59.7 Å². The maximum absolute atomic E-state index is 13.9. The van der Waals surface area contributed by atoms with Crippen LogP contribution in [0.4, 0.5) is 11.4 Å². The fraction of sp³-hybridized carbons (Fsp3) is 0.548. The molecule has 4 aliphatic heterocycles. The van der Waals surface area contributed by atoms with E-state index in [0.29, 0.717) is 78.2 Å². The summed E-state index contributed by atoms with van der Waals surface area (Å²) in [6, 6.07) is 7.15. The van der Waals surface area contributed by atoms with Crippen molar-refractivity contribution in [1.82, 2.24) is 9.80 Å². The van der Waals surface area contributed by atoms with Crippen LogP contribution in [0, 0.1) is 10.8 Å². The number of hydrogen-bond acceptors (Lipinski definition) is 9. The number of ether oxygens (including phenoxy) is 4. The van der Waals surface area contributed by atoms with Crippen LogP contribution in [0.5, 0.6) is 23.0 Å². The Kier molecular flexibility index (Phi) is 11.4. The van der Waals surface area contributed by atoms with Gasteiger partial charge in [0.25, 0.3) is 11.8 Å². The number of fused-ring (bicyclic) bond motifs is 4. The van der Waals surface area contributed by atoms with E-state index < -0.39 is 8.30 Å². The lowest BCUT2D eigenvalue weighted by Crippen LogP contribution is -2.35. The monoisotopic (exact) mass is 760 g/mol. The van der Waals surface area contributed by atoms with E-state index >= 15 is 0 Å². The number of anilines is 1. The van der Waals surface area contributed by atoms with Crippen LogP contribution in [0.3, 0.4) is 0 Å². The Morgan fingerprint density at radius 3 is 2.15 bits per heavy atom. The van der Waals surface area contributed by atoms with Crippen molar-refractivity contribution in [3.63, 3.8) is 0 Å². The summed E-state index contributed by atoms with van der Waals surface area (Å²) >= 11 is 0. The Labute approximate surface area is 321 Å². The van der Waals surface area contributed by atoms with E-state index in [1.165, 1.54) is 0 Å². The summed E-state index contributed by atoms with van der Waals surface area (Å²) in [6.07, 6.45) is 6.61. The predicted octanol–water partition coefficient (Wildman–Crippen LogP) is 8.52. The van der Waals surface area contributed by atoms with Gasteiger partial charge in [-0.15, -0.1) is 0 Å². The zero-order chi connectivity index (χ0) is 39.1. The molecule has 0 aliphatic carbocycles. The van der Waals surface area contributed by atoms with Gasteiger partial charge in [-0.2, -0.15) is 0 Å². The molecular weight excluding hydrogens is 703 g/mol. The van der Waals surface area contributed by atoms with Gasteiger partial charge in [-0.1, -0.05) is 58.9 Å². The molecule has 292 valence electrons. The van der Waals surface area contributed by atoms with Gasteiger partial charge < -0.3 is 38.3 Å². The van der Waals surface area contributed by atoms with Gasteiger partial charge >= 0.3 is 0 Å². The molecule has 0 aromatic heterocycles. The molecule has 0 spiro atoms. The summed E-state index contributed by atoms with van der Waals surface area (Å²) < 4.78 is 26.3. The minimum absolute atomic E-state index is 0.0173. The predicted molar refractivity (Wildman–Crippen MR) is 215 cm³/mol. The first kappa shape index (κ1) is 39.6. The van der Waals surface area contributed by atoms with E-state index in [-0.39, 0.29) is 40.5 Å². The summed E-state index contributed by atoms with van der Waals surface area (Å²) in [5.74, 6) is 1.65. The molecule has 54 heavy (non-hydrogen) atoms. The van der Waals surface area contributed by atoms with Gasteiger partial charge in [0.1, 0.15) is 0 Å². The standard InChI is InChI=1S/C42H57N4O7P/c1-11-28(4)46-33-21-37(35(51-10)19-31(33)40(48)45-24-27(3)17-38(45)54(46)49)52-15-14-41(5,6)12-13-42(7,8)25-53-36-20-32-30(18-34(36)50-9)39(47)44-23-26(2)16-29(44)22-43-32/h18-22,28-29,38,49H,2-3,11-17,23-25H2,1,4-10H3. The average Bonchev–Trinajstić information content (AvgIpc) is 3.68. The van der Waals surface area contributed by atoms with Crippen LogP contribution in [-0.4, -0.2) is 91.1 Å². The molecule has 2 aromatic carbocycles. The van der Waals surface area contributed by atoms with Crippen molar-refractivity contribution in [3.05, 3.63) is 59.7 Å². The summed E-state index contributed by atoms with van der Waals surface area (Å²) in [5, 5.41) is 0. The number of methoxy groups -OCH3 is 2. The Hall–Kier alpha value is -4.08. The van der Waals surface area contributed by atoms with Crippen molar-refractivity contribution < 1.29 is 33.4 Å². The highest BCUT2D eigenvalue weighted by atomic mass is 31.2. The molecule has 0 saturated carbocycles. The maximum atomic E-state index is 13.9. The summed E-state index contributed by atoms with van der Waals surface area (Å²) in [7, 11) is 1.50. The minimum Gasteiger partial charge on any atom is -0.493 e. The fourth-order valence-corrected chi connectivity index (χ4v) is 9.68. The van der Waals surface area contributed by atoms with E-state index in [9.17, 15) is 14.5 Å². The Balaban J connectivity index is 1.09. The topological polar surface area (TPSA) is 113 Å². The Morgan fingerprint density at radius 2 is 1.46 bits per heavy atom.